The Morgan fingerprint density at radius 2 is 1.85 bits per heavy atom. The third kappa shape index (κ3) is 3.06. The van der Waals surface area contributed by atoms with E-state index in [1.807, 2.05) is 13.0 Å². The molecule has 0 spiro atoms. The second-order valence-corrected chi connectivity index (χ2v) is 4.04. The lowest BCUT2D eigenvalue weighted by molar-refractivity contribution is 0.321. The van der Waals surface area contributed by atoms with Crippen LogP contribution in [-0.2, 0) is 0 Å². The Hall–Kier alpha value is -2.56. The highest BCUT2D eigenvalue weighted by Crippen LogP contribution is 2.33. The average molecular weight is 274 g/mol. The molecule has 0 amide bonds. The first-order valence-electron chi connectivity index (χ1n) is 6.15. The minimum absolute atomic E-state index is 0.205. The molecule has 0 saturated heterocycles. The van der Waals surface area contributed by atoms with E-state index in [4.69, 9.17) is 20.6 Å². The molecule has 0 radical (unpaired) electrons. The van der Waals surface area contributed by atoms with Crippen molar-refractivity contribution >= 4 is 5.84 Å². The van der Waals surface area contributed by atoms with Gasteiger partial charge in [-0.2, -0.15) is 0 Å². The molecule has 0 fully saturated rings. The molecule has 0 aliphatic carbocycles. The summed E-state index contributed by atoms with van der Waals surface area (Å²) < 4.78 is 24.4. The fraction of sp³-hybridized carbons (Fsp3) is 0.133. The van der Waals surface area contributed by atoms with Crippen LogP contribution in [-0.4, -0.2) is 12.4 Å². The molecule has 2 aromatic rings. The summed E-state index contributed by atoms with van der Waals surface area (Å²) in [7, 11) is 0. The van der Waals surface area contributed by atoms with Crippen LogP contribution in [0.15, 0.2) is 42.5 Å². The third-order valence-electron chi connectivity index (χ3n) is 2.60. The van der Waals surface area contributed by atoms with Crippen molar-refractivity contribution in [1.29, 1.82) is 5.41 Å². The van der Waals surface area contributed by atoms with Crippen molar-refractivity contribution < 1.29 is 13.9 Å². The summed E-state index contributed by atoms with van der Waals surface area (Å²) in [6.07, 6.45) is 0. The number of ether oxygens (including phenoxy) is 2. The highest BCUT2D eigenvalue weighted by Gasteiger charge is 2.11. The maximum Gasteiger partial charge on any atom is 0.169 e. The van der Waals surface area contributed by atoms with Crippen molar-refractivity contribution in [3.63, 3.8) is 0 Å². The van der Waals surface area contributed by atoms with E-state index < -0.39 is 5.82 Å². The molecule has 0 aliphatic rings. The number of nitrogens with one attached hydrogen (secondary N) is 1. The van der Waals surface area contributed by atoms with E-state index in [-0.39, 0.29) is 11.4 Å². The van der Waals surface area contributed by atoms with Gasteiger partial charge in [0.2, 0.25) is 0 Å². The summed E-state index contributed by atoms with van der Waals surface area (Å²) >= 11 is 0. The number of rotatable bonds is 5. The van der Waals surface area contributed by atoms with Gasteiger partial charge in [0.05, 0.1) is 12.2 Å². The molecule has 0 heterocycles. The predicted molar refractivity (Wildman–Crippen MR) is 75.1 cm³/mol. The highest BCUT2D eigenvalue weighted by atomic mass is 19.1. The van der Waals surface area contributed by atoms with Crippen LogP contribution in [0.5, 0.6) is 17.2 Å². The normalized spacial score (nSPS) is 10.1. The van der Waals surface area contributed by atoms with Crippen molar-refractivity contribution in [3.8, 4) is 17.2 Å². The lowest BCUT2D eigenvalue weighted by Gasteiger charge is -2.13. The topological polar surface area (TPSA) is 68.3 Å². The van der Waals surface area contributed by atoms with E-state index in [0.717, 1.165) is 0 Å². The molecule has 20 heavy (non-hydrogen) atoms. The Balaban J connectivity index is 2.37. The Kier molecular flexibility index (Phi) is 4.20. The van der Waals surface area contributed by atoms with E-state index in [2.05, 4.69) is 0 Å². The Bertz CT molecular complexity index is 629. The van der Waals surface area contributed by atoms with Crippen LogP contribution in [0, 0.1) is 11.2 Å². The lowest BCUT2D eigenvalue weighted by Crippen LogP contribution is -2.12. The van der Waals surface area contributed by atoms with Crippen LogP contribution in [0.2, 0.25) is 0 Å². The van der Waals surface area contributed by atoms with Crippen LogP contribution < -0.4 is 15.2 Å². The van der Waals surface area contributed by atoms with Gasteiger partial charge in [0.25, 0.3) is 0 Å². The van der Waals surface area contributed by atoms with Gasteiger partial charge in [-0.05, 0) is 37.3 Å². The molecule has 4 nitrogen and oxygen atoms in total. The lowest BCUT2D eigenvalue weighted by atomic mass is 10.2. The molecule has 2 rings (SSSR count). The van der Waals surface area contributed by atoms with Crippen LogP contribution in [0.1, 0.15) is 12.5 Å². The smallest absolute Gasteiger partial charge is 0.169 e. The van der Waals surface area contributed by atoms with Gasteiger partial charge >= 0.3 is 0 Å². The number of benzene rings is 2. The zero-order valence-corrected chi connectivity index (χ0v) is 11.0. The van der Waals surface area contributed by atoms with Gasteiger partial charge in [-0.25, -0.2) is 4.39 Å². The number of halogens is 1. The van der Waals surface area contributed by atoms with Gasteiger partial charge in [-0.3, -0.25) is 5.41 Å². The maximum absolute atomic E-state index is 13.2. The minimum atomic E-state index is -0.472. The van der Waals surface area contributed by atoms with Crippen molar-refractivity contribution in [1.82, 2.24) is 0 Å². The van der Waals surface area contributed by atoms with Crippen molar-refractivity contribution in [2.75, 3.05) is 6.61 Å². The molecule has 0 bridgehead atoms. The van der Waals surface area contributed by atoms with Gasteiger partial charge in [0.1, 0.15) is 17.4 Å². The molecular weight excluding hydrogens is 259 g/mol. The number of amidine groups is 1. The standard InChI is InChI=1S/C15H15FN2O2/c1-2-19-13-5-3-4-6-14(13)20-12-8-7-10(16)9-11(12)15(17)18/h3-9H,2H2,1H3,(H3,17,18). The Morgan fingerprint density at radius 1 is 1.15 bits per heavy atom. The minimum Gasteiger partial charge on any atom is -0.490 e. The molecule has 104 valence electrons. The highest BCUT2D eigenvalue weighted by molar-refractivity contribution is 5.97. The zero-order chi connectivity index (χ0) is 14.5. The third-order valence-corrected chi connectivity index (χ3v) is 2.60. The van der Waals surface area contributed by atoms with Crippen LogP contribution in [0.25, 0.3) is 0 Å². The molecule has 5 heteroatoms. The second-order valence-electron chi connectivity index (χ2n) is 4.04. The molecular formula is C15H15FN2O2. The molecule has 0 unspecified atom stereocenters. The van der Waals surface area contributed by atoms with Crippen LogP contribution in [0.4, 0.5) is 4.39 Å². The molecule has 0 saturated carbocycles. The molecule has 3 N–H and O–H groups in total. The van der Waals surface area contributed by atoms with E-state index >= 15 is 0 Å². The summed E-state index contributed by atoms with van der Waals surface area (Å²) in [5.41, 5.74) is 5.64. The summed E-state index contributed by atoms with van der Waals surface area (Å²) in [5, 5.41) is 7.47. The summed E-state index contributed by atoms with van der Waals surface area (Å²) in [5.74, 6) is 0.650. The van der Waals surface area contributed by atoms with Gasteiger partial charge < -0.3 is 15.2 Å². The predicted octanol–water partition coefficient (Wildman–Crippen LogP) is 3.30. The van der Waals surface area contributed by atoms with E-state index in [9.17, 15) is 4.39 Å². The van der Waals surface area contributed by atoms with Crippen LogP contribution >= 0.6 is 0 Å². The van der Waals surface area contributed by atoms with Gasteiger partial charge in [0.15, 0.2) is 11.5 Å². The first kappa shape index (κ1) is 13.9. The largest absolute Gasteiger partial charge is 0.490 e. The monoisotopic (exact) mass is 274 g/mol. The Morgan fingerprint density at radius 3 is 2.50 bits per heavy atom. The quantitative estimate of drug-likeness (QED) is 0.649. The molecule has 0 aliphatic heterocycles. The van der Waals surface area contributed by atoms with Crippen LogP contribution in [0.3, 0.4) is 0 Å². The average Bonchev–Trinajstić information content (AvgIpc) is 2.43. The summed E-state index contributed by atoms with van der Waals surface area (Å²) in [6.45, 7) is 2.37. The zero-order valence-electron chi connectivity index (χ0n) is 11.0. The molecule has 0 aromatic heterocycles. The molecule has 0 atom stereocenters. The van der Waals surface area contributed by atoms with E-state index in [0.29, 0.717) is 23.9 Å². The first-order chi connectivity index (χ1) is 9.61. The number of nitrogens with two attached hydrogens (primary N) is 1. The summed E-state index contributed by atoms with van der Waals surface area (Å²) in [6, 6.07) is 11.0. The van der Waals surface area contributed by atoms with Crippen molar-refractivity contribution in [3.05, 3.63) is 53.8 Å². The Labute approximate surface area is 116 Å². The maximum atomic E-state index is 13.2. The van der Waals surface area contributed by atoms with E-state index in [1.165, 1.54) is 18.2 Å². The number of hydrogen-bond donors (Lipinski definition) is 2. The van der Waals surface area contributed by atoms with Crippen molar-refractivity contribution in [2.24, 2.45) is 5.73 Å². The number of hydrogen-bond acceptors (Lipinski definition) is 3. The van der Waals surface area contributed by atoms with E-state index in [1.54, 1.807) is 18.2 Å². The van der Waals surface area contributed by atoms with Gasteiger partial charge in [0, 0.05) is 0 Å². The number of para-hydroxylation sites is 2. The van der Waals surface area contributed by atoms with Gasteiger partial charge in [-0.1, -0.05) is 12.1 Å². The fourth-order valence-corrected chi connectivity index (χ4v) is 1.73. The number of nitrogen functional groups attached to an aromatic ring is 1. The summed E-state index contributed by atoms with van der Waals surface area (Å²) in [4.78, 5) is 0. The second kappa shape index (κ2) is 6.06. The SMILES string of the molecule is CCOc1ccccc1Oc1ccc(F)cc1C(=N)N. The van der Waals surface area contributed by atoms with Gasteiger partial charge in [-0.15, -0.1) is 0 Å². The fourth-order valence-electron chi connectivity index (χ4n) is 1.73. The first-order valence-corrected chi connectivity index (χ1v) is 6.15. The molecule has 2 aromatic carbocycles. The van der Waals surface area contributed by atoms with Crippen molar-refractivity contribution in [2.45, 2.75) is 6.92 Å².